The van der Waals surface area contributed by atoms with Crippen molar-refractivity contribution in [3.05, 3.63) is 23.8 Å². The predicted octanol–water partition coefficient (Wildman–Crippen LogP) is 2.70. The number of ketones is 4. The van der Waals surface area contributed by atoms with Crippen LogP contribution in [0.4, 0.5) is 0 Å². The van der Waals surface area contributed by atoms with Crippen LogP contribution in [0.2, 0.25) is 0 Å². The lowest BCUT2D eigenvalue weighted by atomic mass is 9.90. The molecular formula is C57H101N13O16P2. The molecule has 0 bridgehead atoms. The molecule has 15 N–H and O–H groups in total. The second kappa shape index (κ2) is 42.5. The average Bonchev–Trinajstić information content (AvgIpc) is 3.83. The van der Waals surface area contributed by atoms with Crippen molar-refractivity contribution in [2.75, 3.05) is 32.0 Å². The standard InChI is InChI=1S/C57H101N13O16P2/c1-5-6-7-8-9-10-11-12-13-21-46(71)31-39(2)53(75)62-47(22-15-18-25-59)52(74)35-43(33-44-37-69(67-65-44)27-29-87(81,82)83)56(78)61-41(4)50(72)34-42(20-14-17-24-58)55(77)64-49(36-45-38-70(68-66-45)28-30-88(84,85)86)51(73)32-40(3)54(76)63-48(57(79)80)23-16-19-26-60/h37-43,47-49H,5-36,58-60H2,1-4H3,(H,61,78)(H,62,75)(H,63,76)(H,64,77)(H,79,80)(H2,81,82,83)(H2,84,85,86)/t39-,40-,41+,42-,43-,47+,48+,49+/m1/s1. The van der Waals surface area contributed by atoms with Gasteiger partial charge in [0.1, 0.15) is 11.8 Å². The van der Waals surface area contributed by atoms with Crippen LogP contribution in [-0.2, 0) is 78.2 Å². The highest BCUT2D eigenvalue weighted by atomic mass is 31.2. The largest absolute Gasteiger partial charge is 0.480 e. The third-order valence-corrected chi connectivity index (χ3v) is 16.7. The van der Waals surface area contributed by atoms with Crippen molar-refractivity contribution < 1.29 is 77.0 Å². The van der Waals surface area contributed by atoms with E-state index < -0.39 is 142 Å². The number of hydrogen-bond acceptors (Lipinski definition) is 18. The van der Waals surface area contributed by atoms with E-state index in [1.807, 2.05) is 0 Å². The number of carbonyl (C=O) groups is 9. The average molecular weight is 1290 g/mol. The third kappa shape index (κ3) is 33.9. The van der Waals surface area contributed by atoms with Crippen LogP contribution < -0.4 is 38.5 Å². The number of aryl methyl sites for hydroxylation is 2. The van der Waals surface area contributed by atoms with Gasteiger partial charge in [-0.15, -0.1) is 10.2 Å². The van der Waals surface area contributed by atoms with Gasteiger partial charge in [-0.25, -0.2) is 4.79 Å². The van der Waals surface area contributed by atoms with Crippen LogP contribution in [0.3, 0.4) is 0 Å². The van der Waals surface area contributed by atoms with Gasteiger partial charge in [-0.3, -0.25) is 56.8 Å². The first-order chi connectivity index (χ1) is 41.6. The van der Waals surface area contributed by atoms with E-state index in [4.69, 9.17) is 17.2 Å². The Bertz CT molecular complexity index is 2590. The fourth-order valence-corrected chi connectivity index (χ4v) is 10.7. The van der Waals surface area contributed by atoms with Gasteiger partial charge in [0.05, 0.1) is 60.8 Å². The first-order valence-electron chi connectivity index (χ1n) is 31.1. The predicted molar refractivity (Wildman–Crippen MR) is 327 cm³/mol. The number of carboxylic acids is 1. The minimum absolute atomic E-state index is 0.0285. The number of rotatable bonds is 52. The van der Waals surface area contributed by atoms with Crippen molar-refractivity contribution >= 4 is 67.9 Å². The SMILES string of the molecule is CCCCCCCCCCCC(=O)C[C@@H](C)C(=O)N[C@@H](CCCCN)C(=O)C[C@@H](Cc1cn(CCP(=O)(O)O)nn1)C(=O)N[C@@H](C)C(=O)C[C@@H](CCCCN)C(=O)N[C@@H](Cc1cn(CCP(=O)(O)O)nn1)C(=O)C[C@@H](C)C(=O)N[C@@H](CCCCN)C(=O)O. The van der Waals surface area contributed by atoms with E-state index in [0.29, 0.717) is 64.5 Å². The smallest absolute Gasteiger partial charge is 0.327 e. The molecule has 2 aromatic heterocycles. The summed E-state index contributed by atoms with van der Waals surface area (Å²) in [6.07, 6.45) is 12.5. The van der Waals surface area contributed by atoms with E-state index >= 15 is 0 Å². The van der Waals surface area contributed by atoms with Crippen LogP contribution in [-0.4, -0.2) is 164 Å². The highest BCUT2D eigenvalue weighted by Gasteiger charge is 2.35. The minimum Gasteiger partial charge on any atom is -0.480 e. The van der Waals surface area contributed by atoms with Crippen LogP contribution in [0, 0.1) is 23.7 Å². The molecule has 0 aliphatic rings. The fourth-order valence-electron chi connectivity index (χ4n) is 9.77. The zero-order chi connectivity index (χ0) is 65.8. The fraction of sp³-hybridized carbons (Fsp3) is 0.772. The number of amides is 4. The van der Waals surface area contributed by atoms with Gasteiger partial charge in [0.15, 0.2) is 17.3 Å². The van der Waals surface area contributed by atoms with Gasteiger partial charge in [-0.2, -0.15) is 0 Å². The zero-order valence-corrected chi connectivity index (χ0v) is 53.7. The Morgan fingerprint density at radius 3 is 1.44 bits per heavy atom. The maximum Gasteiger partial charge on any atom is 0.327 e. The number of aliphatic carboxylic acids is 1. The zero-order valence-electron chi connectivity index (χ0n) is 51.9. The molecule has 0 saturated heterocycles. The minimum atomic E-state index is -4.44. The molecule has 0 aromatic carbocycles. The van der Waals surface area contributed by atoms with Crippen LogP contribution in [0.5, 0.6) is 0 Å². The second-order valence-electron chi connectivity index (χ2n) is 23.3. The lowest BCUT2D eigenvalue weighted by Crippen LogP contribution is -2.48. The molecule has 2 heterocycles. The summed E-state index contributed by atoms with van der Waals surface area (Å²) < 4.78 is 25.5. The van der Waals surface area contributed by atoms with Crippen molar-refractivity contribution in [1.82, 2.24) is 51.3 Å². The van der Waals surface area contributed by atoms with Gasteiger partial charge in [-0.05, 0) is 84.3 Å². The summed E-state index contributed by atoms with van der Waals surface area (Å²) in [6.45, 7) is 6.93. The number of unbranched alkanes of at least 4 members (excludes halogenated alkanes) is 11. The molecule has 88 heavy (non-hydrogen) atoms. The Labute approximate surface area is 516 Å². The molecule has 0 saturated carbocycles. The molecule has 0 fully saturated rings. The highest BCUT2D eigenvalue weighted by Crippen LogP contribution is 2.34. The first kappa shape index (κ1) is 78.6. The Kier molecular flexibility index (Phi) is 37.9. The summed E-state index contributed by atoms with van der Waals surface area (Å²) in [5.41, 5.74) is 17.4. The van der Waals surface area contributed by atoms with E-state index in [1.165, 1.54) is 56.6 Å². The summed E-state index contributed by atoms with van der Waals surface area (Å²) in [4.78, 5) is 161. The molecule has 0 radical (unpaired) electrons. The Hall–Kier alpha value is -5.51. The Morgan fingerprint density at radius 1 is 0.500 bits per heavy atom. The van der Waals surface area contributed by atoms with E-state index in [9.17, 15) is 77.0 Å². The quantitative estimate of drug-likeness (QED) is 0.0335. The number of carbonyl (C=O) groups excluding carboxylic acids is 8. The number of hydrogen-bond donors (Lipinski definition) is 12. The lowest BCUT2D eigenvalue weighted by Gasteiger charge is -2.25. The topological polar surface area (TPSA) is 477 Å². The van der Waals surface area contributed by atoms with E-state index in [-0.39, 0.29) is 75.3 Å². The molecule has 31 heteroatoms. The van der Waals surface area contributed by atoms with Crippen molar-refractivity contribution in [1.29, 1.82) is 0 Å². The monoisotopic (exact) mass is 1290 g/mol. The lowest BCUT2D eigenvalue weighted by molar-refractivity contribution is -0.143. The van der Waals surface area contributed by atoms with Crippen LogP contribution in [0.15, 0.2) is 12.4 Å². The van der Waals surface area contributed by atoms with Crippen molar-refractivity contribution in [2.24, 2.45) is 40.9 Å². The summed E-state index contributed by atoms with van der Waals surface area (Å²) in [5, 5.41) is 36.3. The highest BCUT2D eigenvalue weighted by molar-refractivity contribution is 7.52. The molecule has 0 aliphatic heterocycles. The number of nitrogens with one attached hydrogen (secondary N) is 4. The molecule has 0 aliphatic carbocycles. The van der Waals surface area contributed by atoms with Crippen molar-refractivity contribution in [3.63, 3.8) is 0 Å². The maximum atomic E-state index is 14.4. The summed E-state index contributed by atoms with van der Waals surface area (Å²) in [6, 6.07) is -5.09. The van der Waals surface area contributed by atoms with Gasteiger partial charge in [0, 0.05) is 75.1 Å². The number of carboxylic acid groups (broad SMARTS) is 1. The van der Waals surface area contributed by atoms with Gasteiger partial charge in [0.2, 0.25) is 23.6 Å². The summed E-state index contributed by atoms with van der Waals surface area (Å²) in [5.74, 6) is -10.3. The van der Waals surface area contributed by atoms with Crippen LogP contribution >= 0.6 is 15.2 Å². The molecule has 2 rings (SSSR count). The van der Waals surface area contributed by atoms with E-state index in [0.717, 1.165) is 30.4 Å². The second-order valence-corrected chi connectivity index (χ2v) is 26.8. The van der Waals surface area contributed by atoms with Crippen molar-refractivity contribution in [2.45, 2.75) is 225 Å². The van der Waals surface area contributed by atoms with E-state index in [2.05, 4.69) is 48.8 Å². The number of aromatic nitrogens is 6. The molecule has 2 aromatic rings. The Morgan fingerprint density at radius 2 is 0.932 bits per heavy atom. The van der Waals surface area contributed by atoms with Gasteiger partial charge >= 0.3 is 21.2 Å². The van der Waals surface area contributed by atoms with Gasteiger partial charge in [-0.1, -0.05) is 89.0 Å². The third-order valence-electron chi connectivity index (χ3n) is 15.2. The maximum absolute atomic E-state index is 14.4. The molecule has 500 valence electrons. The number of Topliss-reactive ketones (excluding diaryl/α,β-unsaturated/α-hetero) is 4. The molecule has 0 unspecified atom stereocenters. The first-order valence-corrected chi connectivity index (χ1v) is 34.7. The number of nitrogens with two attached hydrogens (primary N) is 3. The molecular weight excluding hydrogens is 1180 g/mol. The summed E-state index contributed by atoms with van der Waals surface area (Å²) >= 11 is 0. The van der Waals surface area contributed by atoms with Gasteiger partial charge < -0.3 is 63.1 Å². The van der Waals surface area contributed by atoms with Crippen LogP contribution in [0.25, 0.3) is 0 Å². The normalized spacial score (nSPS) is 14.6. The van der Waals surface area contributed by atoms with Gasteiger partial charge in [0.25, 0.3) is 0 Å². The molecule has 0 spiro atoms. The molecule has 29 nitrogen and oxygen atoms in total. The molecule has 8 atom stereocenters. The number of nitrogens with zero attached hydrogens (tertiary/aromatic N) is 6. The molecule has 4 amide bonds. The van der Waals surface area contributed by atoms with E-state index in [1.54, 1.807) is 6.92 Å². The van der Waals surface area contributed by atoms with Crippen LogP contribution in [0.1, 0.15) is 187 Å². The summed E-state index contributed by atoms with van der Waals surface area (Å²) in [7, 11) is -8.88. The Balaban J connectivity index is 2.41. The van der Waals surface area contributed by atoms with Crippen molar-refractivity contribution in [3.8, 4) is 0 Å².